The lowest BCUT2D eigenvalue weighted by atomic mass is 10.1. The summed E-state index contributed by atoms with van der Waals surface area (Å²) in [7, 11) is -1.73. The Morgan fingerprint density at radius 2 is 1.73 bits per heavy atom. The molecule has 0 unspecified atom stereocenters. The number of amides is 1. The van der Waals surface area contributed by atoms with E-state index in [1.807, 2.05) is 13.8 Å². The molecule has 0 fully saturated rings. The summed E-state index contributed by atoms with van der Waals surface area (Å²) in [4.78, 5) is 13.2. The van der Waals surface area contributed by atoms with E-state index in [0.29, 0.717) is 58.8 Å². The van der Waals surface area contributed by atoms with Crippen LogP contribution in [0, 0.1) is 0 Å². The Kier molecular flexibility index (Phi) is 6.28. The van der Waals surface area contributed by atoms with E-state index >= 15 is 0 Å². The van der Waals surface area contributed by atoms with Crippen LogP contribution in [-0.4, -0.2) is 44.4 Å². The van der Waals surface area contributed by atoms with Crippen LogP contribution in [0.4, 0.5) is 5.82 Å². The highest BCUT2D eigenvalue weighted by atomic mass is 32.2. The molecule has 174 valence electrons. The van der Waals surface area contributed by atoms with Crippen LogP contribution in [0.2, 0.25) is 0 Å². The quantitative estimate of drug-likeness (QED) is 0.537. The Hall–Kier alpha value is -3.53. The smallest absolute Gasteiger partial charge is 0.256 e. The van der Waals surface area contributed by atoms with E-state index in [-0.39, 0.29) is 11.5 Å². The first-order valence-corrected chi connectivity index (χ1v) is 12.3. The molecule has 1 N–H and O–H groups in total. The van der Waals surface area contributed by atoms with Gasteiger partial charge >= 0.3 is 0 Å². The number of rotatable bonds is 8. The fourth-order valence-electron chi connectivity index (χ4n) is 3.65. The summed E-state index contributed by atoms with van der Waals surface area (Å²) in [5, 5.41) is 7.34. The molecule has 1 aromatic heterocycles. The maximum atomic E-state index is 13.2. The molecule has 0 atom stereocenters. The number of anilines is 1. The Labute approximate surface area is 192 Å². The zero-order chi connectivity index (χ0) is 23.6. The van der Waals surface area contributed by atoms with Crippen molar-refractivity contribution in [2.45, 2.75) is 25.4 Å². The fraction of sp³-hybridized carbons (Fsp3) is 0.304. The van der Waals surface area contributed by atoms with Crippen molar-refractivity contribution in [1.29, 1.82) is 0 Å². The van der Waals surface area contributed by atoms with E-state index in [2.05, 4.69) is 10.4 Å². The van der Waals surface area contributed by atoms with Gasteiger partial charge in [0.25, 0.3) is 5.91 Å². The van der Waals surface area contributed by atoms with E-state index < -0.39 is 15.7 Å². The minimum Gasteiger partial charge on any atom is -0.497 e. The van der Waals surface area contributed by atoms with Gasteiger partial charge in [-0.3, -0.25) is 4.79 Å². The number of nitrogens with one attached hydrogen (secondary N) is 1. The molecule has 3 aromatic rings. The minimum absolute atomic E-state index is 0.161. The second kappa shape index (κ2) is 9.14. The normalized spacial score (nSPS) is 13.9. The average Bonchev–Trinajstić information content (AvgIpc) is 3.27. The van der Waals surface area contributed by atoms with Crippen LogP contribution in [0.3, 0.4) is 0 Å². The Morgan fingerprint density at radius 1 is 1.03 bits per heavy atom. The monoisotopic (exact) mass is 471 g/mol. The van der Waals surface area contributed by atoms with Gasteiger partial charge in [0.15, 0.2) is 21.3 Å². The van der Waals surface area contributed by atoms with Crippen LogP contribution in [-0.2, 0) is 21.3 Å². The number of sulfone groups is 1. The van der Waals surface area contributed by atoms with E-state index in [9.17, 15) is 13.2 Å². The van der Waals surface area contributed by atoms with Crippen molar-refractivity contribution in [2.75, 3.05) is 25.6 Å². The van der Waals surface area contributed by atoms with Gasteiger partial charge in [-0.1, -0.05) is 0 Å². The Bertz CT molecular complexity index is 1280. The lowest BCUT2D eigenvalue weighted by Crippen LogP contribution is -2.17. The van der Waals surface area contributed by atoms with Crippen molar-refractivity contribution in [3.05, 3.63) is 59.3 Å². The molecule has 0 saturated carbocycles. The molecule has 0 aliphatic carbocycles. The highest BCUT2D eigenvalue weighted by Gasteiger charge is 2.33. The van der Waals surface area contributed by atoms with Gasteiger partial charge in [0.2, 0.25) is 0 Å². The maximum Gasteiger partial charge on any atom is 0.256 e. The molecule has 0 bridgehead atoms. The van der Waals surface area contributed by atoms with E-state index in [4.69, 9.17) is 14.2 Å². The molecule has 10 heteroatoms. The van der Waals surface area contributed by atoms with Gasteiger partial charge in [-0.25, -0.2) is 13.1 Å². The van der Waals surface area contributed by atoms with Crippen molar-refractivity contribution in [1.82, 2.24) is 9.78 Å². The second-order valence-corrected chi connectivity index (χ2v) is 9.46. The number of hydrogen-bond acceptors (Lipinski definition) is 7. The largest absolute Gasteiger partial charge is 0.497 e. The molecule has 0 spiro atoms. The Morgan fingerprint density at radius 3 is 2.39 bits per heavy atom. The number of nitrogens with zero attached hydrogens (tertiary/aromatic N) is 2. The van der Waals surface area contributed by atoms with Gasteiger partial charge in [0, 0.05) is 11.1 Å². The highest BCUT2D eigenvalue weighted by molar-refractivity contribution is 7.90. The number of aromatic nitrogens is 2. The van der Waals surface area contributed by atoms with Crippen LogP contribution >= 0.6 is 0 Å². The lowest BCUT2D eigenvalue weighted by molar-refractivity contribution is 0.102. The molecule has 1 amide bonds. The minimum atomic E-state index is -3.30. The van der Waals surface area contributed by atoms with Crippen LogP contribution in [0.5, 0.6) is 17.2 Å². The van der Waals surface area contributed by atoms with Crippen molar-refractivity contribution < 1.29 is 27.4 Å². The number of ether oxygens (including phenoxy) is 3. The van der Waals surface area contributed by atoms with Crippen molar-refractivity contribution in [2.24, 2.45) is 0 Å². The van der Waals surface area contributed by atoms with E-state index in [1.165, 1.54) is 0 Å². The molecule has 0 saturated heterocycles. The highest BCUT2D eigenvalue weighted by Crippen LogP contribution is 2.34. The van der Waals surface area contributed by atoms with Gasteiger partial charge in [-0.15, -0.1) is 0 Å². The summed E-state index contributed by atoms with van der Waals surface area (Å²) >= 11 is 0. The topological polar surface area (TPSA) is 109 Å². The molecular weight excluding hydrogens is 446 g/mol. The summed E-state index contributed by atoms with van der Waals surface area (Å²) < 4.78 is 42.3. The molecule has 33 heavy (non-hydrogen) atoms. The Balaban J connectivity index is 1.71. The molecular formula is C23H25N3O6S. The van der Waals surface area contributed by atoms with Gasteiger partial charge in [-0.05, 0) is 56.3 Å². The van der Waals surface area contributed by atoms with E-state index in [1.54, 1.807) is 54.3 Å². The average molecular weight is 472 g/mol. The van der Waals surface area contributed by atoms with Crippen LogP contribution in [0.25, 0.3) is 5.69 Å². The SMILES string of the molecule is CCOc1ccc(C(=O)Nc2c3c(nn2-c2ccc(OC)cc2)CS(=O)(=O)C3)cc1OCC. The van der Waals surface area contributed by atoms with Gasteiger partial charge in [0.05, 0.1) is 43.2 Å². The first-order valence-electron chi connectivity index (χ1n) is 10.5. The summed E-state index contributed by atoms with van der Waals surface area (Å²) in [6.45, 7) is 4.60. The van der Waals surface area contributed by atoms with Crippen LogP contribution in [0.15, 0.2) is 42.5 Å². The third-order valence-electron chi connectivity index (χ3n) is 5.14. The molecule has 9 nitrogen and oxygen atoms in total. The number of methoxy groups -OCH3 is 1. The zero-order valence-electron chi connectivity index (χ0n) is 18.6. The lowest BCUT2D eigenvalue weighted by Gasteiger charge is -2.14. The molecule has 2 heterocycles. The third-order valence-corrected chi connectivity index (χ3v) is 6.58. The molecule has 1 aliphatic heterocycles. The summed E-state index contributed by atoms with van der Waals surface area (Å²) in [6.07, 6.45) is 0. The molecule has 4 rings (SSSR count). The van der Waals surface area contributed by atoms with Crippen LogP contribution in [0.1, 0.15) is 35.5 Å². The number of benzene rings is 2. The number of hydrogen-bond donors (Lipinski definition) is 1. The maximum absolute atomic E-state index is 13.2. The van der Waals surface area contributed by atoms with Gasteiger partial charge in [0.1, 0.15) is 11.6 Å². The van der Waals surface area contributed by atoms with E-state index in [0.717, 1.165) is 0 Å². The number of carbonyl (C=O) groups excluding carboxylic acids is 1. The van der Waals surface area contributed by atoms with Crippen LogP contribution < -0.4 is 19.5 Å². The number of carbonyl (C=O) groups is 1. The predicted molar refractivity (Wildman–Crippen MR) is 123 cm³/mol. The first-order chi connectivity index (χ1) is 15.8. The standard InChI is InChI=1S/C23H25N3O6S/c1-4-31-20-11-6-15(12-21(20)32-5-2)23(27)24-22-18-13-33(28,29)14-19(18)25-26(22)16-7-9-17(30-3)10-8-16/h6-12H,4-5,13-14H2,1-3H3,(H,24,27). The first kappa shape index (κ1) is 22.7. The molecule has 0 radical (unpaired) electrons. The second-order valence-electron chi connectivity index (χ2n) is 7.40. The predicted octanol–water partition coefficient (Wildman–Crippen LogP) is 3.36. The number of fused-ring (bicyclic) bond motifs is 1. The zero-order valence-corrected chi connectivity index (χ0v) is 19.4. The van der Waals surface area contributed by atoms with Crippen molar-refractivity contribution in [3.8, 4) is 22.9 Å². The van der Waals surface area contributed by atoms with Crippen molar-refractivity contribution in [3.63, 3.8) is 0 Å². The molecule has 2 aromatic carbocycles. The van der Waals surface area contributed by atoms with Gasteiger partial charge in [-0.2, -0.15) is 5.10 Å². The summed E-state index contributed by atoms with van der Waals surface area (Å²) in [5.74, 6) is 1.25. The van der Waals surface area contributed by atoms with Gasteiger partial charge < -0.3 is 19.5 Å². The third kappa shape index (κ3) is 4.65. The summed E-state index contributed by atoms with van der Waals surface area (Å²) in [5.41, 5.74) is 1.94. The summed E-state index contributed by atoms with van der Waals surface area (Å²) in [6, 6.07) is 12.0. The fourth-order valence-corrected chi connectivity index (χ4v) is 5.15. The molecule has 1 aliphatic rings. The van der Waals surface area contributed by atoms with Crippen molar-refractivity contribution >= 4 is 21.6 Å².